The molecular formula is C8H14N2O5. The predicted molar refractivity (Wildman–Crippen MR) is 50.8 cm³/mol. The molecule has 0 N–H and O–H groups in total. The molecule has 0 radical (unpaired) electrons. The van der Waals surface area contributed by atoms with Crippen LogP contribution in [-0.4, -0.2) is 34.1 Å². The van der Waals surface area contributed by atoms with Crippen molar-refractivity contribution in [2.75, 3.05) is 7.11 Å². The van der Waals surface area contributed by atoms with E-state index in [0.29, 0.717) is 6.42 Å². The van der Waals surface area contributed by atoms with Crippen molar-refractivity contribution in [3.63, 3.8) is 0 Å². The van der Waals surface area contributed by atoms with Crippen molar-refractivity contribution < 1.29 is 14.6 Å². The molecule has 0 bridgehead atoms. The van der Waals surface area contributed by atoms with Crippen molar-refractivity contribution in [1.82, 2.24) is 0 Å². The van der Waals surface area contributed by atoms with Crippen LogP contribution in [0.2, 0.25) is 0 Å². The van der Waals surface area contributed by atoms with Crippen LogP contribution in [0.25, 0.3) is 0 Å². The molecule has 1 saturated carbocycles. The quantitative estimate of drug-likeness (QED) is 0.517. The highest BCUT2D eigenvalue weighted by Gasteiger charge is 2.73. The Labute approximate surface area is 86.7 Å². The van der Waals surface area contributed by atoms with E-state index in [1.807, 2.05) is 0 Å². The Hall–Kier alpha value is -1.24. The molecule has 3 atom stereocenters. The number of ether oxygens (including phenoxy) is 1. The second-order valence-corrected chi connectivity index (χ2v) is 4.20. The molecule has 0 spiro atoms. The molecule has 0 heterocycles. The Morgan fingerprint density at radius 1 is 1.27 bits per heavy atom. The van der Waals surface area contributed by atoms with Gasteiger partial charge in [0, 0.05) is 37.2 Å². The van der Waals surface area contributed by atoms with Gasteiger partial charge in [0.25, 0.3) is 5.54 Å². The number of nitrogens with zero attached hydrogens (tertiary/aromatic N) is 2. The average molecular weight is 218 g/mol. The number of nitro groups is 2. The fraction of sp³-hybridized carbons (Fsp3) is 1.00. The number of hydrogen-bond acceptors (Lipinski definition) is 5. The normalized spacial score (nSPS) is 40.3. The predicted octanol–water partition coefficient (Wildman–Crippen LogP) is 0.866. The molecule has 1 aliphatic carbocycles. The van der Waals surface area contributed by atoms with Gasteiger partial charge in [-0.15, -0.1) is 0 Å². The summed E-state index contributed by atoms with van der Waals surface area (Å²) >= 11 is 0. The van der Waals surface area contributed by atoms with Crippen LogP contribution in [0.3, 0.4) is 0 Å². The molecule has 7 heteroatoms. The zero-order valence-corrected chi connectivity index (χ0v) is 8.93. The largest absolute Gasteiger partial charge is 0.374 e. The topological polar surface area (TPSA) is 95.5 Å². The highest BCUT2D eigenvalue weighted by atomic mass is 16.7. The third kappa shape index (κ3) is 1.30. The monoisotopic (exact) mass is 218 g/mol. The lowest BCUT2D eigenvalue weighted by atomic mass is 9.82. The van der Waals surface area contributed by atoms with E-state index >= 15 is 0 Å². The maximum Gasteiger partial charge on any atom is 0.312 e. The van der Waals surface area contributed by atoms with E-state index in [4.69, 9.17) is 4.74 Å². The van der Waals surface area contributed by atoms with Crippen LogP contribution in [0.15, 0.2) is 0 Å². The van der Waals surface area contributed by atoms with Gasteiger partial charge >= 0.3 is 5.54 Å². The molecule has 1 aliphatic rings. The van der Waals surface area contributed by atoms with Crippen molar-refractivity contribution in [2.24, 2.45) is 0 Å². The Bertz CT molecular complexity index is 307. The first kappa shape index (κ1) is 11.8. The second-order valence-electron chi connectivity index (χ2n) is 4.20. The van der Waals surface area contributed by atoms with Crippen LogP contribution in [0.1, 0.15) is 26.7 Å². The molecule has 0 aromatic carbocycles. The van der Waals surface area contributed by atoms with Gasteiger partial charge in [-0.2, -0.15) is 0 Å². The van der Waals surface area contributed by atoms with Crippen LogP contribution >= 0.6 is 0 Å². The van der Waals surface area contributed by atoms with Crippen LogP contribution < -0.4 is 0 Å². The summed E-state index contributed by atoms with van der Waals surface area (Å²) in [5.41, 5.74) is -3.22. The van der Waals surface area contributed by atoms with E-state index in [1.54, 1.807) is 0 Å². The average Bonchev–Trinajstić information content (AvgIpc) is 2.42. The van der Waals surface area contributed by atoms with Crippen LogP contribution in [-0.2, 0) is 4.74 Å². The van der Waals surface area contributed by atoms with Crippen molar-refractivity contribution in [3.05, 3.63) is 20.2 Å². The van der Waals surface area contributed by atoms with Crippen molar-refractivity contribution in [1.29, 1.82) is 0 Å². The Morgan fingerprint density at radius 3 is 2.13 bits per heavy atom. The highest BCUT2D eigenvalue weighted by Crippen LogP contribution is 2.44. The fourth-order valence-corrected chi connectivity index (χ4v) is 2.23. The fourth-order valence-electron chi connectivity index (χ4n) is 2.23. The summed E-state index contributed by atoms with van der Waals surface area (Å²) in [6, 6.07) is 0. The van der Waals surface area contributed by atoms with Crippen LogP contribution in [0.5, 0.6) is 0 Å². The van der Waals surface area contributed by atoms with Gasteiger partial charge in [0.05, 0.1) is 0 Å². The summed E-state index contributed by atoms with van der Waals surface area (Å²) in [5.74, 6) is 0. The minimum atomic E-state index is -1.66. The molecule has 0 unspecified atom stereocenters. The van der Waals surface area contributed by atoms with E-state index in [-0.39, 0.29) is 6.42 Å². The summed E-state index contributed by atoms with van der Waals surface area (Å²) in [6.07, 6.45) is -0.204. The van der Waals surface area contributed by atoms with Crippen molar-refractivity contribution in [2.45, 2.75) is 43.9 Å². The minimum Gasteiger partial charge on any atom is -0.374 e. The molecule has 15 heavy (non-hydrogen) atoms. The number of rotatable bonds is 3. The van der Waals surface area contributed by atoms with Crippen LogP contribution in [0.4, 0.5) is 0 Å². The molecule has 0 aromatic heterocycles. The first-order valence-electron chi connectivity index (χ1n) is 4.62. The second kappa shape index (κ2) is 3.41. The van der Waals surface area contributed by atoms with Crippen LogP contribution in [0, 0.1) is 20.2 Å². The molecule has 7 nitrogen and oxygen atoms in total. The van der Waals surface area contributed by atoms with E-state index in [9.17, 15) is 20.2 Å². The summed E-state index contributed by atoms with van der Waals surface area (Å²) in [4.78, 5) is 20.8. The lowest BCUT2D eigenvalue weighted by molar-refractivity contribution is -0.679. The Kier molecular flexibility index (Phi) is 2.69. The van der Waals surface area contributed by atoms with Gasteiger partial charge in [-0.3, -0.25) is 20.2 Å². The number of methoxy groups -OCH3 is 1. The van der Waals surface area contributed by atoms with Gasteiger partial charge in [0.2, 0.25) is 0 Å². The summed E-state index contributed by atoms with van der Waals surface area (Å²) in [7, 11) is 1.35. The van der Waals surface area contributed by atoms with Gasteiger partial charge in [0.15, 0.2) is 0 Å². The highest BCUT2D eigenvalue weighted by molar-refractivity contribution is 5.06. The number of hydrogen-bond donors (Lipinski definition) is 0. The SMILES string of the molecule is CO[C@@H]1CC[C@@](C)([N+](=O)[O-])[C@@]1(C)[N+](=O)[O-]. The molecule has 1 rings (SSSR count). The molecule has 0 amide bonds. The molecule has 0 aliphatic heterocycles. The molecule has 0 saturated heterocycles. The molecule has 86 valence electrons. The maximum absolute atomic E-state index is 11.0. The van der Waals surface area contributed by atoms with Gasteiger partial charge in [-0.1, -0.05) is 0 Å². The smallest absolute Gasteiger partial charge is 0.312 e. The lowest BCUT2D eigenvalue weighted by Gasteiger charge is -2.28. The van der Waals surface area contributed by atoms with E-state index in [2.05, 4.69) is 0 Å². The third-order valence-electron chi connectivity index (χ3n) is 3.68. The van der Waals surface area contributed by atoms with Gasteiger partial charge in [-0.25, -0.2) is 0 Å². The van der Waals surface area contributed by atoms with E-state index < -0.39 is 27.0 Å². The maximum atomic E-state index is 11.0. The lowest BCUT2D eigenvalue weighted by Crippen LogP contribution is -2.61. The third-order valence-corrected chi connectivity index (χ3v) is 3.68. The molecule has 1 fully saturated rings. The minimum absolute atomic E-state index is 0.163. The Morgan fingerprint density at radius 2 is 1.80 bits per heavy atom. The van der Waals surface area contributed by atoms with Gasteiger partial charge < -0.3 is 4.74 Å². The van der Waals surface area contributed by atoms with Gasteiger partial charge in [0.1, 0.15) is 6.10 Å². The van der Waals surface area contributed by atoms with Crippen molar-refractivity contribution >= 4 is 0 Å². The van der Waals surface area contributed by atoms with Gasteiger partial charge in [-0.05, 0) is 6.42 Å². The van der Waals surface area contributed by atoms with E-state index in [1.165, 1.54) is 21.0 Å². The first-order chi connectivity index (χ1) is 6.80. The zero-order chi connectivity index (χ0) is 11.9. The molecule has 0 aromatic rings. The summed E-state index contributed by atoms with van der Waals surface area (Å²) in [6.45, 7) is 2.60. The molecular weight excluding hydrogens is 204 g/mol. The first-order valence-corrected chi connectivity index (χ1v) is 4.62. The summed E-state index contributed by atoms with van der Waals surface area (Å²) in [5, 5.41) is 22.0. The zero-order valence-electron chi connectivity index (χ0n) is 8.93. The standard InChI is InChI=1S/C8H14N2O5/c1-7(9(11)12)5-4-6(15-3)8(7,2)10(13)14/h6H,4-5H2,1-3H3/t6-,7-,8+/m1/s1. The Balaban J connectivity index is 3.23. The van der Waals surface area contributed by atoms with Crippen molar-refractivity contribution in [3.8, 4) is 0 Å². The summed E-state index contributed by atoms with van der Waals surface area (Å²) < 4.78 is 4.99. The van der Waals surface area contributed by atoms with E-state index in [0.717, 1.165) is 0 Å².